The van der Waals surface area contributed by atoms with Crippen molar-refractivity contribution in [3.8, 4) is 5.75 Å². The van der Waals surface area contributed by atoms with E-state index in [-0.39, 0.29) is 0 Å². The van der Waals surface area contributed by atoms with E-state index in [1.807, 2.05) is 18.2 Å². The first-order valence-electron chi connectivity index (χ1n) is 5.83. The third-order valence-corrected chi connectivity index (χ3v) is 3.22. The van der Waals surface area contributed by atoms with Crippen molar-refractivity contribution in [2.45, 2.75) is 12.1 Å². The molecule has 0 aromatic heterocycles. The average Bonchev–Trinajstić information content (AvgIpc) is 3.20. The summed E-state index contributed by atoms with van der Waals surface area (Å²) >= 11 is 0. The van der Waals surface area contributed by atoms with Crippen molar-refractivity contribution in [3.05, 3.63) is 65.7 Å². The molecule has 0 bridgehead atoms. The van der Waals surface area contributed by atoms with Crippen LogP contribution in [0.3, 0.4) is 0 Å². The third kappa shape index (κ3) is 2.04. The molecular weight excluding hydrogens is 210 g/mol. The van der Waals surface area contributed by atoms with Crippen LogP contribution >= 0.6 is 0 Å². The SMILES string of the molecule is COc1ccc(C2NC2c2ccccc2)cc1. The lowest BCUT2D eigenvalue weighted by molar-refractivity contribution is 0.414. The van der Waals surface area contributed by atoms with Crippen molar-refractivity contribution >= 4 is 0 Å². The average molecular weight is 225 g/mol. The van der Waals surface area contributed by atoms with E-state index in [1.165, 1.54) is 11.1 Å². The lowest BCUT2D eigenvalue weighted by Crippen LogP contribution is -1.86. The van der Waals surface area contributed by atoms with E-state index in [9.17, 15) is 0 Å². The fourth-order valence-corrected chi connectivity index (χ4v) is 2.19. The highest BCUT2D eigenvalue weighted by molar-refractivity contribution is 5.36. The monoisotopic (exact) mass is 225 g/mol. The molecule has 0 aliphatic carbocycles. The lowest BCUT2D eigenvalue weighted by atomic mass is 10.0. The van der Waals surface area contributed by atoms with Crippen LogP contribution in [0.5, 0.6) is 5.75 Å². The molecular formula is C15H15NO. The Morgan fingerprint density at radius 1 is 0.824 bits per heavy atom. The summed E-state index contributed by atoms with van der Waals surface area (Å²) in [6.07, 6.45) is 0. The summed E-state index contributed by atoms with van der Waals surface area (Å²) in [5, 5.41) is 3.50. The van der Waals surface area contributed by atoms with Crippen molar-refractivity contribution in [1.82, 2.24) is 5.32 Å². The molecule has 0 spiro atoms. The van der Waals surface area contributed by atoms with Gasteiger partial charge < -0.3 is 4.74 Å². The van der Waals surface area contributed by atoms with Gasteiger partial charge >= 0.3 is 0 Å². The Balaban J connectivity index is 1.76. The van der Waals surface area contributed by atoms with Gasteiger partial charge in [0, 0.05) is 0 Å². The Morgan fingerprint density at radius 3 is 2.00 bits per heavy atom. The van der Waals surface area contributed by atoms with Gasteiger partial charge in [0.05, 0.1) is 19.2 Å². The molecule has 1 N–H and O–H groups in total. The van der Waals surface area contributed by atoms with Crippen LogP contribution in [0, 0.1) is 0 Å². The predicted molar refractivity (Wildman–Crippen MR) is 68.1 cm³/mol. The first kappa shape index (κ1) is 10.4. The zero-order valence-electron chi connectivity index (χ0n) is 9.76. The Labute approximate surface area is 101 Å². The zero-order valence-corrected chi connectivity index (χ0v) is 9.76. The van der Waals surface area contributed by atoms with Crippen LogP contribution in [0.1, 0.15) is 23.2 Å². The second kappa shape index (κ2) is 4.22. The van der Waals surface area contributed by atoms with E-state index in [2.05, 4.69) is 41.7 Å². The smallest absolute Gasteiger partial charge is 0.118 e. The molecule has 86 valence electrons. The molecule has 3 rings (SSSR count). The molecule has 2 aromatic carbocycles. The van der Waals surface area contributed by atoms with Crippen molar-refractivity contribution < 1.29 is 4.74 Å². The topological polar surface area (TPSA) is 31.2 Å². The standard InChI is InChI=1S/C15H15NO/c1-17-13-9-7-12(8-10-13)15-14(16-15)11-5-3-2-4-6-11/h2-10,14-16H,1H3. The third-order valence-electron chi connectivity index (χ3n) is 3.22. The minimum absolute atomic E-state index is 0.448. The number of rotatable bonds is 3. The van der Waals surface area contributed by atoms with E-state index in [1.54, 1.807) is 7.11 Å². The number of methoxy groups -OCH3 is 1. The van der Waals surface area contributed by atoms with Gasteiger partial charge in [-0.25, -0.2) is 0 Å². The van der Waals surface area contributed by atoms with Crippen molar-refractivity contribution in [3.63, 3.8) is 0 Å². The van der Waals surface area contributed by atoms with Crippen LogP contribution in [-0.4, -0.2) is 7.11 Å². The Hall–Kier alpha value is -1.80. The molecule has 0 saturated carbocycles. The molecule has 1 aliphatic heterocycles. The van der Waals surface area contributed by atoms with Gasteiger partial charge in [-0.1, -0.05) is 42.5 Å². The maximum Gasteiger partial charge on any atom is 0.118 e. The van der Waals surface area contributed by atoms with E-state index in [4.69, 9.17) is 4.74 Å². The van der Waals surface area contributed by atoms with Crippen LogP contribution in [0.2, 0.25) is 0 Å². The summed E-state index contributed by atoms with van der Waals surface area (Å²) in [5.41, 5.74) is 2.67. The second-order valence-electron chi connectivity index (χ2n) is 4.31. The molecule has 17 heavy (non-hydrogen) atoms. The van der Waals surface area contributed by atoms with Gasteiger partial charge in [-0.2, -0.15) is 0 Å². The van der Waals surface area contributed by atoms with Crippen LogP contribution in [0.15, 0.2) is 54.6 Å². The van der Waals surface area contributed by atoms with E-state index in [0.717, 1.165) is 5.75 Å². The van der Waals surface area contributed by atoms with E-state index < -0.39 is 0 Å². The van der Waals surface area contributed by atoms with Crippen molar-refractivity contribution in [2.24, 2.45) is 0 Å². The molecule has 1 fully saturated rings. The van der Waals surface area contributed by atoms with E-state index >= 15 is 0 Å². The van der Waals surface area contributed by atoms with Gasteiger partial charge in [0.25, 0.3) is 0 Å². The number of hydrogen-bond acceptors (Lipinski definition) is 2. The maximum atomic E-state index is 5.16. The largest absolute Gasteiger partial charge is 0.497 e. The number of nitrogens with one attached hydrogen (secondary N) is 1. The van der Waals surface area contributed by atoms with Gasteiger partial charge in [-0.15, -0.1) is 0 Å². The summed E-state index contributed by atoms with van der Waals surface area (Å²) < 4.78 is 5.16. The molecule has 0 amide bonds. The Bertz CT molecular complexity index is 492. The highest BCUT2D eigenvalue weighted by atomic mass is 16.5. The Morgan fingerprint density at radius 2 is 1.41 bits per heavy atom. The zero-order chi connectivity index (χ0) is 11.7. The lowest BCUT2D eigenvalue weighted by Gasteiger charge is -2.01. The quantitative estimate of drug-likeness (QED) is 0.814. The molecule has 1 saturated heterocycles. The second-order valence-corrected chi connectivity index (χ2v) is 4.31. The summed E-state index contributed by atoms with van der Waals surface area (Å²) in [5.74, 6) is 0.908. The fraction of sp³-hybridized carbons (Fsp3) is 0.200. The van der Waals surface area contributed by atoms with Crippen molar-refractivity contribution in [1.29, 1.82) is 0 Å². The maximum absolute atomic E-state index is 5.16. The minimum atomic E-state index is 0.448. The first-order chi connectivity index (χ1) is 8.38. The highest BCUT2D eigenvalue weighted by Gasteiger charge is 2.38. The van der Waals surface area contributed by atoms with Crippen LogP contribution in [0.25, 0.3) is 0 Å². The van der Waals surface area contributed by atoms with Crippen LogP contribution in [-0.2, 0) is 0 Å². The van der Waals surface area contributed by atoms with Gasteiger partial charge in [-0.3, -0.25) is 5.32 Å². The van der Waals surface area contributed by atoms with Gasteiger partial charge in [-0.05, 0) is 23.3 Å². The fourth-order valence-electron chi connectivity index (χ4n) is 2.19. The predicted octanol–water partition coefficient (Wildman–Crippen LogP) is 3.08. The molecule has 2 heteroatoms. The molecule has 2 aromatic rings. The summed E-state index contributed by atoms with van der Waals surface area (Å²) in [7, 11) is 1.69. The highest BCUT2D eigenvalue weighted by Crippen LogP contribution is 2.42. The summed E-state index contributed by atoms with van der Waals surface area (Å²) in [6.45, 7) is 0. The van der Waals surface area contributed by atoms with Crippen molar-refractivity contribution in [2.75, 3.05) is 7.11 Å². The van der Waals surface area contributed by atoms with Crippen LogP contribution < -0.4 is 10.1 Å². The summed E-state index contributed by atoms with van der Waals surface area (Å²) in [6, 6.07) is 19.7. The van der Waals surface area contributed by atoms with Gasteiger partial charge in [0.15, 0.2) is 0 Å². The molecule has 0 radical (unpaired) electrons. The summed E-state index contributed by atoms with van der Waals surface area (Å²) in [4.78, 5) is 0. The minimum Gasteiger partial charge on any atom is -0.497 e. The van der Waals surface area contributed by atoms with Gasteiger partial charge in [0.1, 0.15) is 5.75 Å². The van der Waals surface area contributed by atoms with Gasteiger partial charge in [0.2, 0.25) is 0 Å². The number of hydrogen-bond donors (Lipinski definition) is 1. The Kier molecular flexibility index (Phi) is 2.57. The first-order valence-corrected chi connectivity index (χ1v) is 5.83. The molecule has 2 unspecified atom stereocenters. The molecule has 1 heterocycles. The van der Waals surface area contributed by atoms with E-state index in [0.29, 0.717) is 12.1 Å². The normalized spacial score (nSPS) is 22.2. The molecule has 1 aliphatic rings. The number of ether oxygens (including phenoxy) is 1. The molecule has 2 nitrogen and oxygen atoms in total. The van der Waals surface area contributed by atoms with Crippen LogP contribution in [0.4, 0.5) is 0 Å². The number of benzene rings is 2. The molecule has 2 atom stereocenters.